The molecule has 2 aromatic carbocycles. The molecule has 136 valence electrons. The number of aromatic nitrogens is 1. The van der Waals surface area contributed by atoms with Crippen molar-refractivity contribution in [3.63, 3.8) is 0 Å². The number of fused-ring (bicyclic) bond motifs is 1. The third kappa shape index (κ3) is 3.83. The number of hydrogen-bond donors (Lipinski definition) is 2. The largest absolute Gasteiger partial charge is 0.493 e. The van der Waals surface area contributed by atoms with Crippen molar-refractivity contribution in [2.24, 2.45) is 0 Å². The summed E-state index contributed by atoms with van der Waals surface area (Å²) in [7, 11) is 0. The van der Waals surface area contributed by atoms with Gasteiger partial charge < -0.3 is 10.1 Å². The lowest BCUT2D eigenvalue weighted by molar-refractivity contribution is -0.114. The van der Waals surface area contributed by atoms with Crippen LogP contribution in [0.3, 0.4) is 0 Å². The summed E-state index contributed by atoms with van der Waals surface area (Å²) >= 11 is 1.38. The number of nitrogens with zero attached hydrogens (tertiary/aromatic N) is 1. The first-order valence-corrected chi connectivity index (χ1v) is 9.37. The summed E-state index contributed by atoms with van der Waals surface area (Å²) in [5, 5.41) is 7.95. The number of nitrogens with one attached hydrogen (secondary N) is 2. The summed E-state index contributed by atoms with van der Waals surface area (Å²) < 4.78 is 5.53. The van der Waals surface area contributed by atoms with Gasteiger partial charge in [-0.25, -0.2) is 4.98 Å². The van der Waals surface area contributed by atoms with E-state index in [1.807, 2.05) is 17.5 Å². The molecule has 0 bridgehead atoms. The molecular weight excluding hydrogens is 362 g/mol. The highest BCUT2D eigenvalue weighted by Crippen LogP contribution is 2.32. The Kier molecular flexibility index (Phi) is 4.60. The highest BCUT2D eigenvalue weighted by Gasteiger charge is 2.15. The second-order valence-corrected chi connectivity index (χ2v) is 7.03. The molecule has 0 spiro atoms. The van der Waals surface area contributed by atoms with Gasteiger partial charge in [0.1, 0.15) is 5.75 Å². The fraction of sp³-hybridized carbons (Fsp3) is 0.150. The maximum absolute atomic E-state index is 12.4. The molecule has 0 saturated heterocycles. The average molecular weight is 379 g/mol. The Labute approximate surface area is 160 Å². The van der Waals surface area contributed by atoms with Crippen LogP contribution in [-0.4, -0.2) is 23.4 Å². The molecule has 1 aliphatic rings. The van der Waals surface area contributed by atoms with E-state index < -0.39 is 0 Å². The van der Waals surface area contributed by atoms with E-state index in [1.54, 1.807) is 24.3 Å². The molecule has 4 rings (SSSR count). The molecule has 2 amide bonds. The zero-order valence-electron chi connectivity index (χ0n) is 14.6. The molecule has 27 heavy (non-hydrogen) atoms. The maximum atomic E-state index is 12.4. The van der Waals surface area contributed by atoms with E-state index >= 15 is 0 Å². The average Bonchev–Trinajstić information content (AvgIpc) is 3.30. The van der Waals surface area contributed by atoms with E-state index in [-0.39, 0.29) is 11.8 Å². The number of carbonyl (C=O) groups is 2. The van der Waals surface area contributed by atoms with Gasteiger partial charge in [-0.15, -0.1) is 11.3 Å². The van der Waals surface area contributed by atoms with Crippen molar-refractivity contribution in [3.05, 3.63) is 59.0 Å². The third-order valence-corrected chi connectivity index (χ3v) is 4.94. The number of hydrogen-bond acceptors (Lipinski definition) is 5. The molecule has 6 nitrogen and oxygen atoms in total. The Hall–Kier alpha value is -3.19. The number of ether oxygens (including phenoxy) is 1. The van der Waals surface area contributed by atoms with Crippen molar-refractivity contribution in [3.8, 4) is 17.0 Å². The van der Waals surface area contributed by atoms with Crippen LogP contribution in [0.5, 0.6) is 5.75 Å². The van der Waals surface area contributed by atoms with Crippen LogP contribution in [0.25, 0.3) is 11.3 Å². The first-order chi connectivity index (χ1) is 13.1. The highest BCUT2D eigenvalue weighted by atomic mass is 32.1. The van der Waals surface area contributed by atoms with Crippen molar-refractivity contribution >= 4 is 34.0 Å². The predicted octanol–water partition coefficient (Wildman–Crippen LogP) is 3.96. The van der Waals surface area contributed by atoms with Crippen LogP contribution in [0.1, 0.15) is 22.8 Å². The highest BCUT2D eigenvalue weighted by molar-refractivity contribution is 7.14. The fourth-order valence-corrected chi connectivity index (χ4v) is 3.60. The van der Waals surface area contributed by atoms with E-state index in [9.17, 15) is 9.59 Å². The SMILES string of the molecule is CC(=O)Nc1ccc(C(=O)Nc2nc(-c3ccc4c(c3)CCO4)cs2)cc1. The van der Waals surface area contributed by atoms with Crippen molar-refractivity contribution in [1.82, 2.24) is 4.98 Å². The van der Waals surface area contributed by atoms with Gasteiger partial charge in [-0.1, -0.05) is 0 Å². The summed E-state index contributed by atoms with van der Waals surface area (Å²) in [5.41, 5.74) is 4.17. The van der Waals surface area contributed by atoms with Crippen LogP contribution >= 0.6 is 11.3 Å². The monoisotopic (exact) mass is 379 g/mol. The molecule has 3 aromatic rings. The maximum Gasteiger partial charge on any atom is 0.257 e. The summed E-state index contributed by atoms with van der Waals surface area (Å²) in [5.74, 6) is 0.540. The molecule has 0 saturated carbocycles. The van der Waals surface area contributed by atoms with Gasteiger partial charge in [-0.05, 0) is 48.0 Å². The van der Waals surface area contributed by atoms with Gasteiger partial charge in [0.05, 0.1) is 12.3 Å². The third-order valence-electron chi connectivity index (χ3n) is 4.18. The Morgan fingerprint density at radius 1 is 1.11 bits per heavy atom. The fourth-order valence-electron chi connectivity index (χ4n) is 2.89. The second kappa shape index (κ2) is 7.20. The zero-order chi connectivity index (χ0) is 18.8. The van der Waals surface area contributed by atoms with Crippen LogP contribution in [0.2, 0.25) is 0 Å². The summed E-state index contributed by atoms with van der Waals surface area (Å²) in [4.78, 5) is 28.0. The molecule has 0 fully saturated rings. The number of anilines is 2. The molecule has 2 heterocycles. The minimum Gasteiger partial charge on any atom is -0.493 e. The van der Waals surface area contributed by atoms with Crippen LogP contribution in [0.4, 0.5) is 10.8 Å². The summed E-state index contributed by atoms with van der Waals surface area (Å²) in [6, 6.07) is 12.7. The number of thiazole rings is 1. The number of benzene rings is 2. The Morgan fingerprint density at radius 3 is 2.70 bits per heavy atom. The van der Waals surface area contributed by atoms with E-state index in [2.05, 4.69) is 21.7 Å². The molecule has 1 aliphatic heterocycles. The van der Waals surface area contributed by atoms with Crippen LogP contribution in [-0.2, 0) is 11.2 Å². The van der Waals surface area contributed by atoms with Crippen LogP contribution in [0.15, 0.2) is 47.8 Å². The van der Waals surface area contributed by atoms with Crippen molar-refractivity contribution < 1.29 is 14.3 Å². The molecule has 0 radical (unpaired) electrons. The van der Waals surface area contributed by atoms with Gasteiger partial charge >= 0.3 is 0 Å². The number of amides is 2. The summed E-state index contributed by atoms with van der Waals surface area (Å²) in [6.45, 7) is 2.16. The van der Waals surface area contributed by atoms with Gasteiger partial charge in [0.15, 0.2) is 5.13 Å². The Morgan fingerprint density at radius 2 is 1.93 bits per heavy atom. The number of carbonyl (C=O) groups excluding carboxylic acids is 2. The van der Waals surface area contributed by atoms with Crippen molar-refractivity contribution in [1.29, 1.82) is 0 Å². The standard InChI is InChI=1S/C20H17N3O3S/c1-12(24)21-16-5-2-13(3-6-16)19(25)23-20-22-17(11-27-20)14-4-7-18-15(10-14)8-9-26-18/h2-7,10-11H,8-9H2,1H3,(H,21,24)(H,22,23,25). The molecule has 1 aromatic heterocycles. The second-order valence-electron chi connectivity index (χ2n) is 6.17. The minimum atomic E-state index is -0.243. The predicted molar refractivity (Wildman–Crippen MR) is 105 cm³/mol. The van der Waals surface area contributed by atoms with Gasteiger partial charge in [0.25, 0.3) is 5.91 Å². The van der Waals surface area contributed by atoms with Gasteiger partial charge in [0, 0.05) is 35.5 Å². The number of rotatable bonds is 4. The molecular formula is C20H17N3O3S. The lowest BCUT2D eigenvalue weighted by Crippen LogP contribution is -2.12. The zero-order valence-corrected chi connectivity index (χ0v) is 15.4. The Bertz CT molecular complexity index is 1010. The molecule has 0 aliphatic carbocycles. The van der Waals surface area contributed by atoms with Gasteiger partial charge in [-0.3, -0.25) is 14.9 Å². The quantitative estimate of drug-likeness (QED) is 0.719. The first-order valence-electron chi connectivity index (χ1n) is 8.49. The van der Waals surface area contributed by atoms with Gasteiger partial charge in [0.2, 0.25) is 5.91 Å². The molecule has 0 atom stereocenters. The molecule has 2 N–H and O–H groups in total. The molecule has 7 heteroatoms. The summed E-state index contributed by atoms with van der Waals surface area (Å²) in [6.07, 6.45) is 0.908. The Balaban J connectivity index is 1.46. The molecule has 0 unspecified atom stereocenters. The lowest BCUT2D eigenvalue weighted by atomic mass is 10.1. The van der Waals surface area contributed by atoms with Crippen LogP contribution in [0, 0.1) is 0 Å². The van der Waals surface area contributed by atoms with E-state index in [0.717, 1.165) is 30.0 Å². The first kappa shape index (κ1) is 17.2. The van der Waals surface area contributed by atoms with Crippen molar-refractivity contribution in [2.45, 2.75) is 13.3 Å². The van der Waals surface area contributed by atoms with Gasteiger partial charge in [-0.2, -0.15) is 0 Å². The minimum absolute atomic E-state index is 0.152. The van der Waals surface area contributed by atoms with E-state index in [4.69, 9.17) is 4.74 Å². The topological polar surface area (TPSA) is 80.3 Å². The van der Waals surface area contributed by atoms with Crippen LogP contribution < -0.4 is 15.4 Å². The van der Waals surface area contributed by atoms with E-state index in [1.165, 1.54) is 23.8 Å². The van der Waals surface area contributed by atoms with Crippen molar-refractivity contribution in [2.75, 3.05) is 17.2 Å². The van der Waals surface area contributed by atoms with E-state index in [0.29, 0.717) is 16.4 Å². The lowest BCUT2D eigenvalue weighted by Gasteiger charge is -2.04. The normalized spacial score (nSPS) is 12.2. The smallest absolute Gasteiger partial charge is 0.257 e.